The highest BCUT2D eigenvalue weighted by Gasteiger charge is 2.28. The maximum atomic E-state index is 11.7. The molecule has 0 saturated carbocycles. The van der Waals surface area contributed by atoms with Crippen LogP contribution in [0.4, 0.5) is 5.69 Å². The monoisotopic (exact) mass is 251 g/mol. The van der Waals surface area contributed by atoms with Crippen LogP contribution >= 0.6 is 0 Å². The fourth-order valence-electron chi connectivity index (χ4n) is 1.08. The van der Waals surface area contributed by atoms with Gasteiger partial charge >= 0.3 is 5.97 Å². The molecule has 0 unspecified atom stereocenters. The minimum absolute atomic E-state index is 0.114. The zero-order valence-electron chi connectivity index (χ0n) is 10.3. The number of esters is 1. The lowest BCUT2D eigenvalue weighted by molar-refractivity contribution is -0.384. The van der Waals surface area contributed by atoms with Crippen molar-refractivity contribution in [2.24, 2.45) is 0 Å². The van der Waals surface area contributed by atoms with Crippen molar-refractivity contribution in [2.45, 2.75) is 26.4 Å². The smallest absolute Gasteiger partial charge is 0.339 e. The van der Waals surface area contributed by atoms with Crippen LogP contribution in [0.25, 0.3) is 0 Å². The van der Waals surface area contributed by atoms with Crippen molar-refractivity contribution in [1.29, 1.82) is 0 Å². The quantitative estimate of drug-likeness (QED) is 0.464. The molecule has 1 rings (SSSR count). The number of nitro benzene ring substituents is 1. The van der Waals surface area contributed by atoms with Gasteiger partial charge in [-0.05, 0) is 32.9 Å². The van der Waals surface area contributed by atoms with Crippen molar-refractivity contribution in [3.63, 3.8) is 0 Å². The van der Waals surface area contributed by atoms with E-state index in [9.17, 15) is 19.7 Å². The van der Waals surface area contributed by atoms with E-state index in [1.165, 1.54) is 45.0 Å². The van der Waals surface area contributed by atoms with Gasteiger partial charge in [0, 0.05) is 12.1 Å². The fourth-order valence-corrected chi connectivity index (χ4v) is 1.08. The molecule has 96 valence electrons. The highest BCUT2D eigenvalue weighted by molar-refractivity contribution is 5.93. The zero-order chi connectivity index (χ0) is 13.9. The lowest BCUT2D eigenvalue weighted by Gasteiger charge is -2.21. The molecule has 0 aliphatic heterocycles. The van der Waals surface area contributed by atoms with Gasteiger partial charge in [-0.1, -0.05) is 0 Å². The number of ether oxygens (including phenoxy) is 1. The molecule has 0 amide bonds. The Hall–Kier alpha value is -2.24. The first-order valence-electron chi connectivity index (χ1n) is 5.23. The summed E-state index contributed by atoms with van der Waals surface area (Å²) in [5.41, 5.74) is -1.16. The van der Waals surface area contributed by atoms with Crippen LogP contribution in [-0.2, 0) is 9.53 Å². The number of carbonyl (C=O) groups excluding carboxylic acids is 2. The number of non-ortho nitro benzene ring substituents is 1. The van der Waals surface area contributed by atoms with Crippen molar-refractivity contribution in [3.05, 3.63) is 39.9 Å². The van der Waals surface area contributed by atoms with Gasteiger partial charge in [0.2, 0.25) is 0 Å². The third-order valence-corrected chi connectivity index (χ3v) is 2.51. The van der Waals surface area contributed by atoms with Gasteiger partial charge in [-0.25, -0.2) is 4.79 Å². The number of Topliss-reactive ketones (excluding diaryl/α,β-unsaturated/α-hetero) is 1. The summed E-state index contributed by atoms with van der Waals surface area (Å²) in [7, 11) is 0. The average Bonchev–Trinajstić information content (AvgIpc) is 2.28. The van der Waals surface area contributed by atoms with E-state index < -0.39 is 16.5 Å². The highest BCUT2D eigenvalue weighted by Crippen LogP contribution is 2.17. The Labute approximate surface area is 104 Å². The first-order chi connectivity index (χ1) is 8.24. The molecule has 0 radical (unpaired) electrons. The van der Waals surface area contributed by atoms with Gasteiger partial charge < -0.3 is 4.74 Å². The molecule has 6 heteroatoms. The number of nitro groups is 1. The van der Waals surface area contributed by atoms with E-state index in [0.717, 1.165) is 0 Å². The number of hydrogen-bond donors (Lipinski definition) is 0. The molecule has 0 aromatic heterocycles. The van der Waals surface area contributed by atoms with Gasteiger partial charge in [0.05, 0.1) is 10.5 Å². The Balaban J connectivity index is 2.86. The predicted octanol–water partition coefficient (Wildman–Crippen LogP) is 2.12. The summed E-state index contributed by atoms with van der Waals surface area (Å²) in [5.74, 6) is -0.970. The molecule has 6 nitrogen and oxygen atoms in total. The number of nitrogens with zero attached hydrogens (tertiary/aromatic N) is 1. The standard InChI is InChI=1S/C12H13NO5/c1-8(14)12(2,3)18-11(15)9-4-6-10(7-5-9)13(16)17/h4-7H,1-3H3. The third kappa shape index (κ3) is 3.13. The Kier molecular flexibility index (Phi) is 3.80. The molecule has 0 atom stereocenters. The van der Waals surface area contributed by atoms with Crippen LogP contribution in [0.2, 0.25) is 0 Å². The minimum atomic E-state index is -1.21. The molecule has 0 aliphatic carbocycles. The summed E-state index contributed by atoms with van der Waals surface area (Å²) in [4.78, 5) is 32.8. The van der Waals surface area contributed by atoms with E-state index in [-0.39, 0.29) is 17.0 Å². The number of rotatable bonds is 4. The third-order valence-electron chi connectivity index (χ3n) is 2.51. The van der Waals surface area contributed by atoms with Gasteiger partial charge in [-0.2, -0.15) is 0 Å². The number of benzene rings is 1. The molecule has 0 aliphatic rings. The van der Waals surface area contributed by atoms with E-state index in [1.54, 1.807) is 0 Å². The minimum Gasteiger partial charge on any atom is -0.448 e. The number of carbonyl (C=O) groups is 2. The molecule has 0 bridgehead atoms. The van der Waals surface area contributed by atoms with Crippen molar-refractivity contribution in [3.8, 4) is 0 Å². The molecule has 0 spiro atoms. The summed E-state index contributed by atoms with van der Waals surface area (Å²) >= 11 is 0. The number of hydrogen-bond acceptors (Lipinski definition) is 5. The normalized spacial score (nSPS) is 10.8. The summed E-state index contributed by atoms with van der Waals surface area (Å²) in [6.45, 7) is 4.29. The van der Waals surface area contributed by atoms with Crippen LogP contribution < -0.4 is 0 Å². The first kappa shape index (κ1) is 13.8. The topological polar surface area (TPSA) is 86.5 Å². The van der Waals surface area contributed by atoms with Gasteiger partial charge in [0.1, 0.15) is 0 Å². The second-order valence-corrected chi connectivity index (χ2v) is 4.26. The lowest BCUT2D eigenvalue weighted by Crippen LogP contribution is -2.35. The molecule has 0 heterocycles. The molecule has 0 N–H and O–H groups in total. The largest absolute Gasteiger partial charge is 0.448 e. The van der Waals surface area contributed by atoms with Crippen molar-refractivity contribution in [2.75, 3.05) is 0 Å². The van der Waals surface area contributed by atoms with Crippen LogP contribution in [0.1, 0.15) is 31.1 Å². The Bertz CT molecular complexity index is 490. The second kappa shape index (κ2) is 4.95. The summed E-state index contributed by atoms with van der Waals surface area (Å²) < 4.78 is 5.03. The van der Waals surface area contributed by atoms with E-state index >= 15 is 0 Å². The fraction of sp³-hybridized carbons (Fsp3) is 0.333. The van der Waals surface area contributed by atoms with E-state index in [0.29, 0.717) is 0 Å². The summed E-state index contributed by atoms with van der Waals surface area (Å²) in [6.07, 6.45) is 0. The van der Waals surface area contributed by atoms with Gasteiger partial charge in [0.15, 0.2) is 11.4 Å². The molecule has 0 saturated heterocycles. The van der Waals surface area contributed by atoms with Crippen LogP contribution in [0.15, 0.2) is 24.3 Å². The van der Waals surface area contributed by atoms with Gasteiger partial charge in [-0.15, -0.1) is 0 Å². The number of ketones is 1. The molecular formula is C12H13NO5. The molecule has 18 heavy (non-hydrogen) atoms. The maximum Gasteiger partial charge on any atom is 0.339 e. The summed E-state index contributed by atoms with van der Waals surface area (Å²) in [5, 5.41) is 10.4. The van der Waals surface area contributed by atoms with E-state index in [1.807, 2.05) is 0 Å². The van der Waals surface area contributed by atoms with E-state index in [2.05, 4.69) is 0 Å². The van der Waals surface area contributed by atoms with Crippen molar-refractivity contribution >= 4 is 17.4 Å². The van der Waals surface area contributed by atoms with Gasteiger partial charge in [-0.3, -0.25) is 14.9 Å². The Morgan fingerprint density at radius 3 is 2.11 bits per heavy atom. The molecule has 1 aromatic rings. The highest BCUT2D eigenvalue weighted by atomic mass is 16.6. The van der Waals surface area contributed by atoms with Crippen LogP contribution in [0, 0.1) is 10.1 Å². The molecule has 0 fully saturated rings. The van der Waals surface area contributed by atoms with Crippen LogP contribution in [0.3, 0.4) is 0 Å². The van der Waals surface area contributed by atoms with Crippen LogP contribution in [0.5, 0.6) is 0 Å². The van der Waals surface area contributed by atoms with Gasteiger partial charge in [0.25, 0.3) is 5.69 Å². The van der Waals surface area contributed by atoms with Crippen molar-refractivity contribution in [1.82, 2.24) is 0 Å². The van der Waals surface area contributed by atoms with Crippen molar-refractivity contribution < 1.29 is 19.2 Å². The zero-order valence-corrected chi connectivity index (χ0v) is 10.3. The Morgan fingerprint density at radius 1 is 1.22 bits per heavy atom. The van der Waals surface area contributed by atoms with Crippen LogP contribution in [-0.4, -0.2) is 22.3 Å². The average molecular weight is 251 g/mol. The molecule has 1 aromatic carbocycles. The Morgan fingerprint density at radius 2 is 1.72 bits per heavy atom. The summed E-state index contributed by atoms with van der Waals surface area (Å²) in [6, 6.07) is 4.99. The molecular weight excluding hydrogens is 238 g/mol. The maximum absolute atomic E-state index is 11.7. The lowest BCUT2D eigenvalue weighted by atomic mass is 10.1. The first-order valence-corrected chi connectivity index (χ1v) is 5.23. The SMILES string of the molecule is CC(=O)C(C)(C)OC(=O)c1ccc([N+](=O)[O-])cc1. The predicted molar refractivity (Wildman–Crippen MR) is 63.3 cm³/mol. The second-order valence-electron chi connectivity index (χ2n) is 4.26. The van der Waals surface area contributed by atoms with E-state index in [4.69, 9.17) is 4.74 Å².